The van der Waals surface area contributed by atoms with Crippen LogP contribution in [0.5, 0.6) is 0 Å². The number of hydrogen-bond acceptors (Lipinski definition) is 1. The molecule has 3 nitrogen and oxygen atoms in total. The molecule has 3 heteroatoms. The number of aromatic nitrogens is 3. The third-order valence-electron chi connectivity index (χ3n) is 7.56. The maximum absolute atomic E-state index is 4.84. The minimum absolute atomic E-state index is 0.550. The third kappa shape index (κ3) is 3.55. The quantitative estimate of drug-likeness (QED) is 0.218. The Morgan fingerprint density at radius 3 is 1.63 bits per heavy atom. The van der Waals surface area contributed by atoms with Gasteiger partial charge in [0.2, 0.25) is 0 Å². The fourth-order valence-electron chi connectivity index (χ4n) is 5.84. The van der Waals surface area contributed by atoms with Gasteiger partial charge in [0.05, 0.1) is 22.9 Å². The van der Waals surface area contributed by atoms with E-state index in [0.29, 0.717) is 0 Å². The second-order valence-electron chi connectivity index (χ2n) is 9.75. The summed E-state index contributed by atoms with van der Waals surface area (Å²) in [6.45, 7) is 0.797. The summed E-state index contributed by atoms with van der Waals surface area (Å²) in [4.78, 5) is 4.84. The molecule has 0 aliphatic carbocycles. The average Bonchev–Trinajstić information content (AvgIpc) is 3.58. The van der Waals surface area contributed by atoms with Crippen molar-refractivity contribution >= 4 is 21.9 Å². The van der Waals surface area contributed by atoms with Crippen LogP contribution in [-0.2, 0) is 12.1 Å². The van der Waals surface area contributed by atoms with Gasteiger partial charge in [-0.05, 0) is 40.5 Å². The molecule has 0 amide bonds. The minimum Gasteiger partial charge on any atom is -0.329 e. The first-order valence-corrected chi connectivity index (χ1v) is 13.0. The summed E-state index contributed by atoms with van der Waals surface area (Å²) < 4.78 is 4.66. The molecule has 0 aliphatic heterocycles. The Labute approximate surface area is 222 Å². The molecule has 7 rings (SSSR count). The van der Waals surface area contributed by atoms with Crippen LogP contribution in [0.1, 0.15) is 22.3 Å². The predicted octanol–water partition coefficient (Wildman–Crippen LogP) is 7.88. The molecule has 38 heavy (non-hydrogen) atoms. The van der Waals surface area contributed by atoms with Crippen molar-refractivity contribution in [3.05, 3.63) is 174 Å². The lowest BCUT2D eigenvalue weighted by Gasteiger charge is -2.38. The number of nitrogens with zero attached hydrogens (tertiary/aromatic N) is 3. The monoisotopic (exact) mass is 489 g/mol. The van der Waals surface area contributed by atoms with E-state index in [1.54, 1.807) is 0 Å². The maximum atomic E-state index is 4.84. The fraction of sp³-hybridized carbons (Fsp3) is 0.0571. The van der Waals surface area contributed by atoms with Crippen molar-refractivity contribution in [1.29, 1.82) is 0 Å². The highest BCUT2D eigenvalue weighted by Crippen LogP contribution is 2.43. The zero-order chi connectivity index (χ0) is 25.4. The van der Waals surface area contributed by atoms with Crippen LogP contribution in [0.2, 0.25) is 0 Å². The molecule has 182 valence electrons. The number of imidazole rings is 1. The summed E-state index contributed by atoms with van der Waals surface area (Å²) in [7, 11) is 0. The molecular weight excluding hydrogens is 462 g/mol. The van der Waals surface area contributed by atoms with Crippen molar-refractivity contribution in [3.63, 3.8) is 0 Å². The van der Waals surface area contributed by atoms with Crippen molar-refractivity contribution in [3.8, 4) is 0 Å². The normalized spacial score (nSPS) is 11.8. The zero-order valence-electron chi connectivity index (χ0n) is 21.0. The summed E-state index contributed by atoms with van der Waals surface area (Å²) in [5.74, 6) is 0. The number of benzene rings is 5. The lowest BCUT2D eigenvalue weighted by atomic mass is 9.76. The molecule has 0 unspecified atom stereocenters. The molecule has 2 aromatic heterocycles. The van der Waals surface area contributed by atoms with E-state index in [1.165, 1.54) is 27.6 Å². The number of fused-ring (bicyclic) bond motifs is 2. The van der Waals surface area contributed by atoms with Crippen LogP contribution in [0.4, 0.5) is 0 Å². The fourth-order valence-corrected chi connectivity index (χ4v) is 5.84. The molecule has 0 saturated carbocycles. The second-order valence-corrected chi connectivity index (χ2v) is 9.75. The summed E-state index contributed by atoms with van der Waals surface area (Å²) in [6.07, 6.45) is 4.19. The van der Waals surface area contributed by atoms with Gasteiger partial charge in [-0.1, -0.05) is 121 Å². The highest BCUT2D eigenvalue weighted by molar-refractivity contribution is 5.94. The molecule has 0 atom stereocenters. The molecule has 0 aliphatic rings. The first-order chi connectivity index (χ1) is 18.8. The highest BCUT2D eigenvalue weighted by atomic mass is 15.1. The van der Waals surface area contributed by atoms with Gasteiger partial charge < -0.3 is 9.13 Å². The van der Waals surface area contributed by atoms with Crippen molar-refractivity contribution in [2.24, 2.45) is 0 Å². The Morgan fingerprint density at radius 1 is 0.553 bits per heavy atom. The molecule has 0 saturated heterocycles. The van der Waals surface area contributed by atoms with Crippen LogP contribution in [0, 0.1) is 0 Å². The van der Waals surface area contributed by atoms with Crippen molar-refractivity contribution in [2.75, 3.05) is 0 Å². The number of hydrogen-bond donors (Lipinski definition) is 0. The third-order valence-corrected chi connectivity index (χ3v) is 7.56. The Hall–Kier alpha value is -4.89. The van der Waals surface area contributed by atoms with Crippen LogP contribution in [0.3, 0.4) is 0 Å². The zero-order valence-corrected chi connectivity index (χ0v) is 21.0. The second kappa shape index (κ2) is 9.20. The summed E-state index contributed by atoms with van der Waals surface area (Å²) in [6, 6.07) is 49.8. The molecule has 0 spiro atoms. The van der Waals surface area contributed by atoms with E-state index in [1.807, 2.05) is 6.33 Å². The van der Waals surface area contributed by atoms with Gasteiger partial charge in [0.25, 0.3) is 0 Å². The van der Waals surface area contributed by atoms with Gasteiger partial charge in [-0.25, -0.2) is 4.98 Å². The Kier molecular flexibility index (Phi) is 5.41. The molecular formula is C35H27N3. The lowest BCUT2D eigenvalue weighted by Crippen LogP contribution is -2.37. The summed E-state index contributed by atoms with van der Waals surface area (Å²) >= 11 is 0. The van der Waals surface area contributed by atoms with Crippen LogP contribution in [0.25, 0.3) is 21.9 Å². The van der Waals surface area contributed by atoms with Crippen molar-refractivity contribution < 1.29 is 0 Å². The largest absolute Gasteiger partial charge is 0.329 e. The predicted molar refractivity (Wildman–Crippen MR) is 155 cm³/mol. The van der Waals surface area contributed by atoms with Gasteiger partial charge in [-0.3, -0.25) is 0 Å². The molecule has 0 fully saturated rings. The Balaban J connectivity index is 1.50. The SMILES string of the molecule is c1ccc(Cn2cnc3cc4c(ccn4C(c4ccccc4)(c4ccccc4)c4ccccc4)cc32)cc1. The first-order valence-electron chi connectivity index (χ1n) is 13.0. The minimum atomic E-state index is -0.550. The van der Waals surface area contributed by atoms with E-state index in [4.69, 9.17) is 4.98 Å². The topological polar surface area (TPSA) is 22.8 Å². The molecule has 5 aromatic carbocycles. The van der Waals surface area contributed by atoms with Gasteiger partial charge in [-0.15, -0.1) is 0 Å². The van der Waals surface area contributed by atoms with E-state index < -0.39 is 5.54 Å². The number of rotatable bonds is 6. The average molecular weight is 490 g/mol. The van der Waals surface area contributed by atoms with Crippen LogP contribution in [-0.4, -0.2) is 14.1 Å². The standard InChI is InChI=1S/C35H27N3/c1-5-13-27(14-6-1)25-37-26-36-32-24-33-28(23-34(32)37)21-22-38(33)35(29-15-7-2-8-16-29,30-17-9-3-10-18-30)31-19-11-4-12-20-31/h1-24,26H,25H2. The molecule has 0 radical (unpaired) electrons. The van der Waals surface area contributed by atoms with Gasteiger partial charge >= 0.3 is 0 Å². The van der Waals surface area contributed by atoms with E-state index in [0.717, 1.165) is 23.1 Å². The maximum Gasteiger partial charge on any atom is 0.120 e. The smallest absolute Gasteiger partial charge is 0.120 e. The van der Waals surface area contributed by atoms with Gasteiger partial charge in [0.15, 0.2) is 0 Å². The van der Waals surface area contributed by atoms with E-state index >= 15 is 0 Å². The van der Waals surface area contributed by atoms with Crippen molar-refractivity contribution in [1.82, 2.24) is 14.1 Å². The Morgan fingerprint density at radius 2 is 1.08 bits per heavy atom. The van der Waals surface area contributed by atoms with E-state index in [-0.39, 0.29) is 0 Å². The molecule has 7 aromatic rings. The Bertz CT molecular complexity index is 1720. The van der Waals surface area contributed by atoms with Crippen LogP contribution >= 0.6 is 0 Å². The van der Waals surface area contributed by atoms with E-state index in [2.05, 4.69) is 155 Å². The van der Waals surface area contributed by atoms with Gasteiger partial charge in [0, 0.05) is 18.1 Å². The summed E-state index contributed by atoms with van der Waals surface area (Å²) in [5, 5.41) is 1.19. The van der Waals surface area contributed by atoms with Crippen LogP contribution in [0.15, 0.2) is 152 Å². The van der Waals surface area contributed by atoms with Gasteiger partial charge in [0.1, 0.15) is 5.54 Å². The van der Waals surface area contributed by atoms with Crippen LogP contribution < -0.4 is 0 Å². The molecule has 2 heterocycles. The summed E-state index contributed by atoms with van der Waals surface area (Å²) in [5.41, 5.74) is 7.64. The first kappa shape index (κ1) is 22.3. The lowest BCUT2D eigenvalue weighted by molar-refractivity contribution is 0.534. The van der Waals surface area contributed by atoms with E-state index in [9.17, 15) is 0 Å². The molecule has 0 bridgehead atoms. The van der Waals surface area contributed by atoms with Crippen molar-refractivity contribution in [2.45, 2.75) is 12.1 Å². The molecule has 0 N–H and O–H groups in total. The van der Waals surface area contributed by atoms with Gasteiger partial charge in [-0.2, -0.15) is 0 Å². The highest BCUT2D eigenvalue weighted by Gasteiger charge is 2.38.